The van der Waals surface area contributed by atoms with Crippen molar-refractivity contribution in [3.05, 3.63) is 34.5 Å². The Morgan fingerprint density at radius 2 is 2.54 bits per heavy atom. The molecular formula is C9H11NO2S. The zero-order chi connectivity index (χ0) is 9.84. The molecule has 1 aromatic rings. The van der Waals surface area contributed by atoms with Gasteiger partial charge >= 0.3 is 5.97 Å². The lowest BCUT2D eigenvalue weighted by Gasteiger charge is -2.04. The van der Waals surface area contributed by atoms with Gasteiger partial charge in [-0.1, -0.05) is 6.08 Å². The van der Waals surface area contributed by atoms with E-state index in [1.54, 1.807) is 17.5 Å². The van der Waals surface area contributed by atoms with Crippen molar-refractivity contribution in [3.8, 4) is 0 Å². The molecule has 0 aromatic carbocycles. The molecular weight excluding hydrogens is 186 g/mol. The minimum absolute atomic E-state index is 0.137. The Kier molecular flexibility index (Phi) is 3.22. The van der Waals surface area contributed by atoms with Crippen molar-refractivity contribution < 1.29 is 9.90 Å². The van der Waals surface area contributed by atoms with Crippen molar-refractivity contribution in [3.63, 3.8) is 0 Å². The van der Waals surface area contributed by atoms with Crippen LogP contribution in [0.25, 0.3) is 0 Å². The van der Waals surface area contributed by atoms with Crippen LogP contribution in [0, 0.1) is 0 Å². The molecule has 3 N–H and O–H groups in total. The van der Waals surface area contributed by atoms with E-state index in [-0.39, 0.29) is 6.04 Å². The smallest absolute Gasteiger partial charge is 0.345 e. The van der Waals surface area contributed by atoms with Crippen molar-refractivity contribution in [2.45, 2.75) is 12.5 Å². The molecule has 0 aliphatic heterocycles. The van der Waals surface area contributed by atoms with Crippen LogP contribution < -0.4 is 5.73 Å². The summed E-state index contributed by atoms with van der Waals surface area (Å²) in [4.78, 5) is 10.9. The first-order chi connectivity index (χ1) is 6.15. The fraction of sp³-hybridized carbons (Fsp3) is 0.222. The summed E-state index contributed by atoms with van der Waals surface area (Å²) in [5.41, 5.74) is 6.62. The van der Waals surface area contributed by atoms with Gasteiger partial charge in [-0.05, 0) is 23.4 Å². The van der Waals surface area contributed by atoms with Crippen molar-refractivity contribution in [2.24, 2.45) is 5.73 Å². The summed E-state index contributed by atoms with van der Waals surface area (Å²) in [6, 6.07) is 1.48. The third-order valence-corrected chi connectivity index (χ3v) is 2.62. The number of carbonyl (C=O) groups is 1. The third-order valence-electron chi connectivity index (χ3n) is 1.68. The Hall–Kier alpha value is -1.13. The largest absolute Gasteiger partial charge is 0.477 e. The highest BCUT2D eigenvalue weighted by Gasteiger charge is 2.10. The molecule has 13 heavy (non-hydrogen) atoms. The molecule has 1 rings (SSSR count). The van der Waals surface area contributed by atoms with Gasteiger partial charge in [0.05, 0.1) is 0 Å². The minimum Gasteiger partial charge on any atom is -0.477 e. The summed E-state index contributed by atoms with van der Waals surface area (Å²) < 4.78 is 0. The molecule has 4 heteroatoms. The first kappa shape index (κ1) is 9.95. The van der Waals surface area contributed by atoms with Gasteiger partial charge in [-0.2, -0.15) is 0 Å². The molecule has 0 aliphatic rings. The number of rotatable bonds is 4. The van der Waals surface area contributed by atoms with E-state index in [1.807, 2.05) is 0 Å². The van der Waals surface area contributed by atoms with Crippen molar-refractivity contribution >= 4 is 17.3 Å². The average molecular weight is 197 g/mol. The molecule has 3 nitrogen and oxygen atoms in total. The molecule has 0 bridgehead atoms. The van der Waals surface area contributed by atoms with Crippen molar-refractivity contribution in [1.82, 2.24) is 0 Å². The first-order valence-corrected chi connectivity index (χ1v) is 4.71. The fourth-order valence-corrected chi connectivity index (χ4v) is 1.78. The lowest BCUT2D eigenvalue weighted by atomic mass is 10.1. The second kappa shape index (κ2) is 4.20. The number of carboxylic acid groups (broad SMARTS) is 1. The van der Waals surface area contributed by atoms with Crippen LogP contribution >= 0.6 is 11.3 Å². The third kappa shape index (κ3) is 2.40. The summed E-state index contributed by atoms with van der Waals surface area (Å²) in [5.74, 6) is -0.901. The number of hydrogen-bond acceptors (Lipinski definition) is 3. The molecule has 1 unspecified atom stereocenters. The zero-order valence-electron chi connectivity index (χ0n) is 7.06. The van der Waals surface area contributed by atoms with Gasteiger partial charge in [-0.15, -0.1) is 17.9 Å². The van der Waals surface area contributed by atoms with E-state index >= 15 is 0 Å². The molecule has 0 amide bonds. The number of thiophene rings is 1. The van der Waals surface area contributed by atoms with E-state index in [0.29, 0.717) is 11.3 Å². The maximum atomic E-state index is 10.5. The number of nitrogens with two attached hydrogens (primary N) is 1. The van der Waals surface area contributed by atoms with Crippen LogP contribution in [0.5, 0.6) is 0 Å². The molecule has 0 saturated heterocycles. The van der Waals surface area contributed by atoms with Gasteiger partial charge in [-0.3, -0.25) is 0 Å². The van der Waals surface area contributed by atoms with Gasteiger partial charge in [0.2, 0.25) is 0 Å². The Balaban J connectivity index is 2.78. The van der Waals surface area contributed by atoms with Crippen molar-refractivity contribution in [2.75, 3.05) is 0 Å². The summed E-state index contributed by atoms with van der Waals surface area (Å²) >= 11 is 1.20. The quantitative estimate of drug-likeness (QED) is 0.726. The van der Waals surface area contributed by atoms with E-state index in [9.17, 15) is 4.79 Å². The number of carboxylic acids is 1. The predicted octanol–water partition coefficient (Wildman–Crippen LogP) is 2.02. The molecule has 0 radical (unpaired) electrons. The first-order valence-electron chi connectivity index (χ1n) is 3.83. The molecule has 1 aromatic heterocycles. The van der Waals surface area contributed by atoms with Gasteiger partial charge in [0.15, 0.2) is 0 Å². The van der Waals surface area contributed by atoms with Crippen LogP contribution in [0.1, 0.15) is 27.7 Å². The summed E-state index contributed by atoms with van der Waals surface area (Å²) in [6.45, 7) is 3.58. The SMILES string of the molecule is C=CCC(N)c1csc(C(=O)O)c1. The standard InChI is InChI=1S/C9H11NO2S/c1-2-3-7(10)6-4-8(9(11)12)13-5-6/h2,4-5,7H,1,3,10H2,(H,11,12). The maximum Gasteiger partial charge on any atom is 0.345 e. The van der Waals surface area contributed by atoms with Crippen LogP contribution in [-0.2, 0) is 0 Å². The molecule has 0 spiro atoms. The number of hydrogen-bond donors (Lipinski definition) is 2. The number of aromatic carboxylic acids is 1. The molecule has 0 fully saturated rings. The van der Waals surface area contributed by atoms with Gasteiger partial charge in [0.1, 0.15) is 4.88 Å². The summed E-state index contributed by atoms with van der Waals surface area (Å²) in [6.07, 6.45) is 2.39. The zero-order valence-corrected chi connectivity index (χ0v) is 7.88. The fourth-order valence-electron chi connectivity index (χ4n) is 0.973. The van der Waals surface area contributed by atoms with Crippen LogP contribution in [0.15, 0.2) is 24.1 Å². The minimum atomic E-state index is -0.901. The lowest BCUT2D eigenvalue weighted by molar-refractivity contribution is 0.0702. The highest BCUT2D eigenvalue weighted by Crippen LogP contribution is 2.21. The second-order valence-corrected chi connectivity index (χ2v) is 3.59. The van der Waals surface area contributed by atoms with Crippen molar-refractivity contribution in [1.29, 1.82) is 0 Å². The molecule has 1 heterocycles. The highest BCUT2D eigenvalue weighted by molar-refractivity contribution is 7.12. The normalized spacial score (nSPS) is 12.4. The second-order valence-electron chi connectivity index (χ2n) is 2.68. The Morgan fingerprint density at radius 3 is 3.00 bits per heavy atom. The Morgan fingerprint density at radius 1 is 1.85 bits per heavy atom. The monoisotopic (exact) mass is 197 g/mol. The van der Waals surface area contributed by atoms with Crippen LogP contribution in [0.2, 0.25) is 0 Å². The summed E-state index contributed by atoms with van der Waals surface area (Å²) in [7, 11) is 0. The maximum absolute atomic E-state index is 10.5. The van der Waals surface area contributed by atoms with E-state index in [0.717, 1.165) is 5.56 Å². The van der Waals surface area contributed by atoms with Crippen LogP contribution in [-0.4, -0.2) is 11.1 Å². The summed E-state index contributed by atoms with van der Waals surface area (Å²) in [5, 5.41) is 10.4. The van der Waals surface area contributed by atoms with E-state index in [2.05, 4.69) is 6.58 Å². The van der Waals surface area contributed by atoms with Gasteiger partial charge in [0, 0.05) is 6.04 Å². The van der Waals surface area contributed by atoms with Gasteiger partial charge in [-0.25, -0.2) is 4.79 Å². The molecule has 70 valence electrons. The molecule has 1 atom stereocenters. The lowest BCUT2D eigenvalue weighted by Crippen LogP contribution is -2.07. The average Bonchev–Trinajstić information content (AvgIpc) is 2.52. The predicted molar refractivity (Wildman–Crippen MR) is 53.0 cm³/mol. The van der Waals surface area contributed by atoms with E-state index in [4.69, 9.17) is 10.8 Å². The van der Waals surface area contributed by atoms with E-state index in [1.165, 1.54) is 11.3 Å². The van der Waals surface area contributed by atoms with Crippen LogP contribution in [0.4, 0.5) is 0 Å². The Bertz CT molecular complexity index is 319. The topological polar surface area (TPSA) is 63.3 Å². The van der Waals surface area contributed by atoms with E-state index < -0.39 is 5.97 Å². The van der Waals surface area contributed by atoms with Gasteiger partial charge < -0.3 is 10.8 Å². The highest BCUT2D eigenvalue weighted by atomic mass is 32.1. The Labute approximate surface area is 80.5 Å². The molecule has 0 aliphatic carbocycles. The van der Waals surface area contributed by atoms with Crippen LogP contribution in [0.3, 0.4) is 0 Å². The van der Waals surface area contributed by atoms with Gasteiger partial charge in [0.25, 0.3) is 0 Å². The molecule has 0 saturated carbocycles.